The Bertz CT molecular complexity index is 388. The molecule has 2 rings (SSSR count). The minimum atomic E-state index is 0.872. The molecule has 4 heteroatoms. The first kappa shape index (κ1) is 7.76. The third-order valence-electron chi connectivity index (χ3n) is 1.76. The zero-order chi connectivity index (χ0) is 8.55. The standard InChI is InChI=1S/C8H11N3S/c1-6-5-11-7(3-9-2)4-10-8(11)12-6/h4-5,9H,3H2,1-2H3. The van der Waals surface area contributed by atoms with Crippen LogP contribution in [0.4, 0.5) is 0 Å². The molecule has 0 aliphatic carbocycles. The summed E-state index contributed by atoms with van der Waals surface area (Å²) >= 11 is 1.72. The second-order valence-corrected chi connectivity index (χ2v) is 3.99. The van der Waals surface area contributed by atoms with Crippen molar-refractivity contribution in [1.29, 1.82) is 0 Å². The van der Waals surface area contributed by atoms with Gasteiger partial charge in [-0.15, -0.1) is 11.3 Å². The van der Waals surface area contributed by atoms with Gasteiger partial charge in [-0.1, -0.05) is 0 Å². The Kier molecular flexibility index (Phi) is 1.86. The number of fused-ring (bicyclic) bond motifs is 1. The van der Waals surface area contributed by atoms with Crippen molar-refractivity contribution < 1.29 is 0 Å². The lowest BCUT2D eigenvalue weighted by molar-refractivity contribution is 0.783. The van der Waals surface area contributed by atoms with Crippen LogP contribution >= 0.6 is 11.3 Å². The van der Waals surface area contributed by atoms with Gasteiger partial charge in [-0.05, 0) is 14.0 Å². The lowest BCUT2D eigenvalue weighted by atomic mass is 10.4. The Labute approximate surface area is 75.1 Å². The first-order valence-corrected chi connectivity index (χ1v) is 4.70. The summed E-state index contributed by atoms with van der Waals surface area (Å²) in [5.74, 6) is 0. The highest BCUT2D eigenvalue weighted by molar-refractivity contribution is 7.16. The number of hydrogen-bond donors (Lipinski definition) is 1. The molecular weight excluding hydrogens is 170 g/mol. The van der Waals surface area contributed by atoms with Crippen LogP contribution in [-0.4, -0.2) is 16.4 Å². The monoisotopic (exact) mass is 181 g/mol. The Morgan fingerprint density at radius 1 is 1.67 bits per heavy atom. The molecule has 2 aromatic heterocycles. The lowest BCUT2D eigenvalue weighted by Gasteiger charge is -1.94. The van der Waals surface area contributed by atoms with Gasteiger partial charge in [0, 0.05) is 17.6 Å². The van der Waals surface area contributed by atoms with E-state index in [1.807, 2.05) is 13.2 Å². The summed E-state index contributed by atoms with van der Waals surface area (Å²) in [7, 11) is 1.94. The predicted octanol–water partition coefficient (Wildman–Crippen LogP) is 1.42. The number of aromatic nitrogens is 2. The van der Waals surface area contributed by atoms with Gasteiger partial charge in [0.1, 0.15) is 0 Å². The third-order valence-corrected chi connectivity index (χ3v) is 2.67. The van der Waals surface area contributed by atoms with Gasteiger partial charge >= 0.3 is 0 Å². The van der Waals surface area contributed by atoms with E-state index >= 15 is 0 Å². The van der Waals surface area contributed by atoms with Gasteiger partial charge in [0.15, 0.2) is 4.96 Å². The Morgan fingerprint density at radius 2 is 2.50 bits per heavy atom. The minimum Gasteiger partial charge on any atom is -0.314 e. The van der Waals surface area contributed by atoms with Crippen molar-refractivity contribution in [3.8, 4) is 0 Å². The molecule has 0 aliphatic heterocycles. The predicted molar refractivity (Wildman–Crippen MR) is 50.6 cm³/mol. The van der Waals surface area contributed by atoms with Crippen LogP contribution < -0.4 is 5.32 Å². The van der Waals surface area contributed by atoms with Crippen LogP contribution in [-0.2, 0) is 6.54 Å². The molecule has 0 amide bonds. The van der Waals surface area contributed by atoms with E-state index in [2.05, 4.69) is 27.8 Å². The van der Waals surface area contributed by atoms with Crippen molar-refractivity contribution in [2.75, 3.05) is 7.05 Å². The third kappa shape index (κ3) is 1.13. The van der Waals surface area contributed by atoms with Gasteiger partial charge in [-0.2, -0.15) is 0 Å². The SMILES string of the molecule is CNCc1cnc2sc(C)cn12. The maximum Gasteiger partial charge on any atom is 0.194 e. The number of rotatable bonds is 2. The lowest BCUT2D eigenvalue weighted by Crippen LogP contribution is -2.06. The van der Waals surface area contributed by atoms with Crippen LogP contribution in [0.15, 0.2) is 12.4 Å². The van der Waals surface area contributed by atoms with Crippen LogP contribution in [0.2, 0.25) is 0 Å². The summed E-state index contributed by atoms with van der Waals surface area (Å²) in [4.78, 5) is 6.68. The van der Waals surface area contributed by atoms with Gasteiger partial charge in [-0.3, -0.25) is 4.40 Å². The zero-order valence-electron chi connectivity index (χ0n) is 7.16. The van der Waals surface area contributed by atoms with E-state index in [0.717, 1.165) is 11.5 Å². The first-order chi connectivity index (χ1) is 5.81. The Balaban J connectivity index is 2.53. The molecule has 2 heterocycles. The molecule has 0 aliphatic rings. The van der Waals surface area contributed by atoms with Crippen molar-refractivity contribution in [2.45, 2.75) is 13.5 Å². The summed E-state index contributed by atoms with van der Waals surface area (Å²) < 4.78 is 2.14. The summed E-state index contributed by atoms with van der Waals surface area (Å²) in [6.07, 6.45) is 4.04. The van der Waals surface area contributed by atoms with E-state index in [1.54, 1.807) is 11.3 Å². The van der Waals surface area contributed by atoms with E-state index in [0.29, 0.717) is 0 Å². The van der Waals surface area contributed by atoms with Crippen LogP contribution in [0.1, 0.15) is 10.6 Å². The van der Waals surface area contributed by atoms with E-state index < -0.39 is 0 Å². The van der Waals surface area contributed by atoms with Crippen LogP contribution in [0, 0.1) is 6.92 Å². The van der Waals surface area contributed by atoms with Gasteiger partial charge in [0.25, 0.3) is 0 Å². The van der Waals surface area contributed by atoms with Crippen molar-refractivity contribution in [2.24, 2.45) is 0 Å². The van der Waals surface area contributed by atoms with Gasteiger partial charge in [-0.25, -0.2) is 4.98 Å². The Hall–Kier alpha value is -0.870. The summed E-state index contributed by atoms with van der Waals surface area (Å²) in [6.45, 7) is 2.97. The van der Waals surface area contributed by atoms with E-state index in [4.69, 9.17) is 0 Å². The number of hydrogen-bond acceptors (Lipinski definition) is 3. The summed E-state index contributed by atoms with van der Waals surface area (Å²) in [6, 6.07) is 0. The average Bonchev–Trinajstić information content (AvgIpc) is 2.52. The second kappa shape index (κ2) is 2.88. The largest absolute Gasteiger partial charge is 0.314 e. The van der Waals surface area contributed by atoms with Crippen molar-refractivity contribution >= 4 is 16.3 Å². The second-order valence-electron chi connectivity index (χ2n) is 2.77. The highest BCUT2D eigenvalue weighted by atomic mass is 32.1. The summed E-state index contributed by atoms with van der Waals surface area (Å²) in [5, 5.41) is 3.12. The van der Waals surface area contributed by atoms with Gasteiger partial charge in [0.05, 0.1) is 11.9 Å². The molecule has 3 nitrogen and oxygen atoms in total. The molecule has 0 saturated heterocycles. The maximum absolute atomic E-state index is 4.30. The molecule has 12 heavy (non-hydrogen) atoms. The van der Waals surface area contributed by atoms with Crippen molar-refractivity contribution in [1.82, 2.24) is 14.7 Å². The van der Waals surface area contributed by atoms with Crippen LogP contribution in [0.25, 0.3) is 4.96 Å². The fourth-order valence-corrected chi connectivity index (χ4v) is 2.07. The zero-order valence-corrected chi connectivity index (χ0v) is 7.98. The van der Waals surface area contributed by atoms with E-state index in [1.165, 1.54) is 10.6 Å². The number of imidazole rings is 1. The molecule has 0 bridgehead atoms. The van der Waals surface area contributed by atoms with E-state index in [9.17, 15) is 0 Å². The molecular formula is C8H11N3S. The molecule has 0 radical (unpaired) electrons. The van der Waals surface area contributed by atoms with Crippen molar-refractivity contribution in [3.05, 3.63) is 23.0 Å². The van der Waals surface area contributed by atoms with Gasteiger partial charge in [0.2, 0.25) is 0 Å². The molecule has 64 valence electrons. The highest BCUT2D eigenvalue weighted by Gasteiger charge is 2.03. The molecule has 0 atom stereocenters. The number of nitrogens with zero attached hydrogens (tertiary/aromatic N) is 2. The van der Waals surface area contributed by atoms with Crippen LogP contribution in [0.3, 0.4) is 0 Å². The number of thiazole rings is 1. The first-order valence-electron chi connectivity index (χ1n) is 3.88. The molecule has 0 fully saturated rings. The normalized spacial score (nSPS) is 11.2. The molecule has 2 aromatic rings. The molecule has 0 saturated carbocycles. The maximum atomic E-state index is 4.30. The fraction of sp³-hybridized carbons (Fsp3) is 0.375. The van der Waals surface area contributed by atoms with Crippen LogP contribution in [0.5, 0.6) is 0 Å². The molecule has 0 aromatic carbocycles. The molecule has 0 unspecified atom stereocenters. The number of aryl methyl sites for hydroxylation is 1. The Morgan fingerprint density at radius 3 is 3.25 bits per heavy atom. The minimum absolute atomic E-state index is 0.872. The van der Waals surface area contributed by atoms with E-state index in [-0.39, 0.29) is 0 Å². The average molecular weight is 181 g/mol. The molecule has 0 spiro atoms. The quantitative estimate of drug-likeness (QED) is 0.759. The fourth-order valence-electron chi connectivity index (χ4n) is 1.25. The highest BCUT2D eigenvalue weighted by Crippen LogP contribution is 2.17. The van der Waals surface area contributed by atoms with Crippen molar-refractivity contribution in [3.63, 3.8) is 0 Å². The van der Waals surface area contributed by atoms with Gasteiger partial charge < -0.3 is 5.32 Å². The smallest absolute Gasteiger partial charge is 0.194 e. The number of nitrogens with one attached hydrogen (secondary N) is 1. The molecule has 1 N–H and O–H groups in total. The summed E-state index contributed by atoms with van der Waals surface area (Å²) in [5.41, 5.74) is 1.22. The topological polar surface area (TPSA) is 29.3 Å².